The minimum Gasteiger partial charge on any atom is -0.380 e. The third-order valence-corrected chi connectivity index (χ3v) is 5.94. The smallest absolute Gasteiger partial charge is 0.251 e. The van der Waals surface area contributed by atoms with Crippen LogP contribution in [0.15, 0.2) is 35.1 Å². The summed E-state index contributed by atoms with van der Waals surface area (Å²) in [5.41, 5.74) is 3.14. The van der Waals surface area contributed by atoms with Gasteiger partial charge in [0.25, 0.3) is 5.56 Å². The van der Waals surface area contributed by atoms with Crippen LogP contribution in [0, 0.1) is 0 Å². The maximum absolute atomic E-state index is 12.2. The van der Waals surface area contributed by atoms with Crippen molar-refractivity contribution in [1.29, 1.82) is 0 Å². The molecule has 1 N–H and O–H groups in total. The van der Waals surface area contributed by atoms with Gasteiger partial charge in [0.2, 0.25) is 0 Å². The molecule has 1 saturated carbocycles. The summed E-state index contributed by atoms with van der Waals surface area (Å²) in [7, 11) is 1.80. The summed E-state index contributed by atoms with van der Waals surface area (Å²) in [4.78, 5) is 22.4. The van der Waals surface area contributed by atoms with Crippen molar-refractivity contribution in [3.63, 3.8) is 0 Å². The largest absolute Gasteiger partial charge is 0.380 e. The van der Waals surface area contributed by atoms with Crippen molar-refractivity contribution in [3.8, 4) is 11.4 Å². The second-order valence-corrected chi connectivity index (χ2v) is 7.94. The Morgan fingerprint density at radius 3 is 2.85 bits per heavy atom. The van der Waals surface area contributed by atoms with Crippen molar-refractivity contribution in [2.75, 3.05) is 20.2 Å². The highest BCUT2D eigenvalue weighted by molar-refractivity contribution is 5.56. The molecule has 1 aromatic carbocycles. The molecule has 1 aromatic heterocycles. The number of hydrogen-bond donors (Lipinski definition) is 1. The molecule has 0 amide bonds. The van der Waals surface area contributed by atoms with E-state index in [1.54, 1.807) is 13.2 Å². The highest BCUT2D eigenvalue weighted by Crippen LogP contribution is 2.33. The van der Waals surface area contributed by atoms with E-state index < -0.39 is 0 Å². The van der Waals surface area contributed by atoms with Gasteiger partial charge in [0, 0.05) is 37.7 Å². The van der Waals surface area contributed by atoms with Gasteiger partial charge in [-0.25, -0.2) is 4.98 Å². The zero-order valence-electron chi connectivity index (χ0n) is 16.1. The highest BCUT2D eigenvalue weighted by Gasteiger charge is 2.21. The Morgan fingerprint density at radius 1 is 1.19 bits per heavy atom. The molecule has 1 atom stereocenters. The van der Waals surface area contributed by atoms with E-state index in [0.717, 1.165) is 50.2 Å². The minimum atomic E-state index is -0.0498. The SMILES string of the molecule is COC1CCCN(Cc2cccc(-c3nc(C4CCCC4)cc(=O)[nH]3)c2)C1. The first kappa shape index (κ1) is 18.4. The third-order valence-electron chi connectivity index (χ3n) is 5.94. The van der Waals surface area contributed by atoms with E-state index in [9.17, 15) is 4.79 Å². The van der Waals surface area contributed by atoms with Crippen LogP contribution in [0.2, 0.25) is 0 Å². The summed E-state index contributed by atoms with van der Waals surface area (Å²) >= 11 is 0. The Balaban J connectivity index is 1.54. The molecule has 2 aliphatic rings. The Bertz CT molecular complexity index is 826. The molecule has 2 fully saturated rings. The summed E-state index contributed by atoms with van der Waals surface area (Å²) in [6.45, 7) is 2.99. The van der Waals surface area contributed by atoms with Crippen LogP contribution in [0.25, 0.3) is 11.4 Å². The Hall–Kier alpha value is -1.98. The summed E-state index contributed by atoms with van der Waals surface area (Å²) in [6, 6.07) is 10.1. The van der Waals surface area contributed by atoms with Gasteiger partial charge in [0.05, 0.1) is 11.8 Å². The number of methoxy groups -OCH3 is 1. The molecule has 0 spiro atoms. The van der Waals surface area contributed by atoms with E-state index in [4.69, 9.17) is 9.72 Å². The lowest BCUT2D eigenvalue weighted by Crippen LogP contribution is -2.38. The minimum absolute atomic E-state index is 0.0498. The van der Waals surface area contributed by atoms with Crippen molar-refractivity contribution in [3.05, 3.63) is 51.9 Å². The van der Waals surface area contributed by atoms with Gasteiger partial charge in [0.1, 0.15) is 5.82 Å². The summed E-state index contributed by atoms with van der Waals surface area (Å²) in [5.74, 6) is 1.13. The van der Waals surface area contributed by atoms with E-state index in [1.807, 2.05) is 6.07 Å². The molecule has 144 valence electrons. The van der Waals surface area contributed by atoms with E-state index in [1.165, 1.54) is 24.8 Å². The Morgan fingerprint density at radius 2 is 2.04 bits per heavy atom. The molecule has 1 saturated heterocycles. The van der Waals surface area contributed by atoms with Crippen LogP contribution >= 0.6 is 0 Å². The lowest BCUT2D eigenvalue weighted by atomic mass is 10.0. The maximum Gasteiger partial charge on any atom is 0.251 e. The number of piperidine rings is 1. The zero-order chi connectivity index (χ0) is 18.6. The topological polar surface area (TPSA) is 58.2 Å². The predicted octanol–water partition coefficient (Wildman–Crippen LogP) is 3.71. The average Bonchev–Trinajstić information content (AvgIpc) is 3.23. The van der Waals surface area contributed by atoms with Crippen molar-refractivity contribution in [2.45, 2.75) is 57.1 Å². The molecule has 0 radical (unpaired) electrons. The summed E-state index contributed by atoms with van der Waals surface area (Å²) in [5, 5.41) is 0. The summed E-state index contributed by atoms with van der Waals surface area (Å²) in [6.07, 6.45) is 7.42. The lowest BCUT2D eigenvalue weighted by Gasteiger charge is -2.31. The van der Waals surface area contributed by atoms with Gasteiger partial charge in [-0.15, -0.1) is 0 Å². The first-order valence-electron chi connectivity index (χ1n) is 10.2. The highest BCUT2D eigenvalue weighted by atomic mass is 16.5. The second-order valence-electron chi connectivity index (χ2n) is 7.94. The van der Waals surface area contributed by atoms with Crippen LogP contribution in [0.4, 0.5) is 0 Å². The number of likely N-dealkylation sites (tertiary alicyclic amines) is 1. The quantitative estimate of drug-likeness (QED) is 0.875. The van der Waals surface area contributed by atoms with Crippen molar-refractivity contribution in [1.82, 2.24) is 14.9 Å². The molecular formula is C22H29N3O2. The Kier molecular flexibility index (Phi) is 5.69. The van der Waals surface area contributed by atoms with Crippen LogP contribution in [0.3, 0.4) is 0 Å². The standard InChI is InChI=1S/C22H29N3O2/c1-27-19-10-5-11-25(15-19)14-16-6-4-9-18(12-16)22-23-20(13-21(26)24-22)17-7-2-3-8-17/h4,6,9,12-13,17,19H,2-3,5,7-8,10-11,14-15H2,1H3,(H,23,24,26). The van der Waals surface area contributed by atoms with Crippen molar-refractivity contribution < 1.29 is 4.74 Å². The van der Waals surface area contributed by atoms with Crippen LogP contribution in [-0.2, 0) is 11.3 Å². The first-order valence-corrected chi connectivity index (χ1v) is 10.2. The first-order chi connectivity index (χ1) is 13.2. The van der Waals surface area contributed by atoms with Crippen LogP contribution < -0.4 is 5.56 Å². The third kappa shape index (κ3) is 4.47. The van der Waals surface area contributed by atoms with Crippen LogP contribution in [0.5, 0.6) is 0 Å². The van der Waals surface area contributed by atoms with Gasteiger partial charge < -0.3 is 9.72 Å². The van der Waals surface area contributed by atoms with E-state index >= 15 is 0 Å². The number of nitrogens with one attached hydrogen (secondary N) is 1. The molecule has 27 heavy (non-hydrogen) atoms. The van der Waals surface area contributed by atoms with Gasteiger partial charge in [0.15, 0.2) is 0 Å². The molecule has 0 bridgehead atoms. The molecule has 2 aromatic rings. The fourth-order valence-corrected chi connectivity index (χ4v) is 4.47. The molecule has 4 rings (SSSR count). The van der Waals surface area contributed by atoms with Gasteiger partial charge in [-0.05, 0) is 43.9 Å². The lowest BCUT2D eigenvalue weighted by molar-refractivity contribution is 0.0285. The van der Waals surface area contributed by atoms with Gasteiger partial charge in [-0.2, -0.15) is 0 Å². The van der Waals surface area contributed by atoms with Gasteiger partial charge >= 0.3 is 0 Å². The average molecular weight is 367 g/mol. The number of H-pyrrole nitrogens is 1. The normalized spacial score (nSPS) is 21.6. The molecule has 2 heterocycles. The maximum atomic E-state index is 12.2. The monoisotopic (exact) mass is 367 g/mol. The van der Waals surface area contributed by atoms with Crippen LogP contribution in [-0.4, -0.2) is 41.2 Å². The number of aromatic nitrogens is 2. The zero-order valence-corrected chi connectivity index (χ0v) is 16.1. The van der Waals surface area contributed by atoms with E-state index in [-0.39, 0.29) is 5.56 Å². The number of benzene rings is 1. The van der Waals surface area contributed by atoms with E-state index in [0.29, 0.717) is 17.8 Å². The Labute approximate surface area is 160 Å². The number of rotatable bonds is 5. The van der Waals surface area contributed by atoms with Crippen molar-refractivity contribution >= 4 is 0 Å². The molecular weight excluding hydrogens is 338 g/mol. The molecule has 1 aliphatic carbocycles. The van der Waals surface area contributed by atoms with Crippen molar-refractivity contribution in [2.24, 2.45) is 0 Å². The van der Waals surface area contributed by atoms with Crippen LogP contribution in [0.1, 0.15) is 55.7 Å². The fourth-order valence-electron chi connectivity index (χ4n) is 4.47. The molecule has 1 unspecified atom stereocenters. The fraction of sp³-hybridized carbons (Fsp3) is 0.545. The number of hydrogen-bond acceptors (Lipinski definition) is 4. The molecule has 1 aliphatic heterocycles. The second kappa shape index (κ2) is 8.36. The van der Waals surface area contributed by atoms with Gasteiger partial charge in [-0.1, -0.05) is 31.0 Å². The number of nitrogens with zero attached hydrogens (tertiary/aromatic N) is 2. The number of ether oxygens (including phenoxy) is 1. The predicted molar refractivity (Wildman–Crippen MR) is 107 cm³/mol. The summed E-state index contributed by atoms with van der Waals surface area (Å²) < 4.78 is 5.54. The molecule has 5 nitrogen and oxygen atoms in total. The van der Waals surface area contributed by atoms with Gasteiger partial charge in [-0.3, -0.25) is 9.69 Å². The molecule has 5 heteroatoms. The van der Waals surface area contributed by atoms with E-state index in [2.05, 4.69) is 28.1 Å². The number of aromatic amines is 1.